The quantitative estimate of drug-likeness (QED) is 0.756. The van der Waals surface area contributed by atoms with Crippen LogP contribution in [0.4, 0.5) is 10.6 Å². The Morgan fingerprint density at radius 3 is 2.74 bits per heavy atom. The van der Waals surface area contributed by atoms with Gasteiger partial charge in [0, 0.05) is 11.4 Å². The first-order valence-electron chi connectivity index (χ1n) is 7.75. The van der Waals surface area contributed by atoms with Crippen LogP contribution in [0.2, 0.25) is 0 Å². The Bertz CT molecular complexity index is 748. The lowest BCUT2D eigenvalue weighted by molar-refractivity contribution is 0.234. The number of hydrogen-bond acceptors (Lipinski definition) is 5. The second kappa shape index (κ2) is 6.92. The summed E-state index contributed by atoms with van der Waals surface area (Å²) in [5.41, 5.74) is 6.03. The van der Waals surface area contributed by atoms with E-state index >= 15 is 0 Å². The van der Waals surface area contributed by atoms with Gasteiger partial charge in [0.05, 0.1) is 5.52 Å². The van der Waals surface area contributed by atoms with Crippen LogP contribution in [0.3, 0.4) is 0 Å². The van der Waals surface area contributed by atoms with Gasteiger partial charge in [0.2, 0.25) is 5.82 Å². The molecular formula is C16H18N6O. The van der Waals surface area contributed by atoms with Gasteiger partial charge in [0.1, 0.15) is 6.07 Å². The molecule has 1 heterocycles. The average Bonchev–Trinajstić information content (AvgIpc) is 2.60. The predicted molar refractivity (Wildman–Crippen MR) is 86.4 cm³/mol. The zero-order valence-corrected chi connectivity index (χ0v) is 12.7. The number of para-hydroxylation sites is 1. The lowest BCUT2D eigenvalue weighted by Gasteiger charge is -2.23. The number of hydrogen-bond donors (Lipinski definition) is 3. The number of hydrazine groups is 1. The smallest absolute Gasteiger partial charge is 0.333 e. The zero-order chi connectivity index (χ0) is 16.1. The molecule has 0 atom stereocenters. The van der Waals surface area contributed by atoms with E-state index in [4.69, 9.17) is 5.26 Å². The summed E-state index contributed by atoms with van der Waals surface area (Å²) < 4.78 is 0. The maximum absolute atomic E-state index is 12.0. The van der Waals surface area contributed by atoms with Crippen LogP contribution in [-0.2, 0) is 0 Å². The lowest BCUT2D eigenvalue weighted by atomic mass is 9.96. The molecule has 3 rings (SSSR count). The molecular weight excluding hydrogens is 292 g/mol. The Morgan fingerprint density at radius 1 is 1.17 bits per heavy atom. The second-order valence-electron chi connectivity index (χ2n) is 5.58. The number of rotatable bonds is 3. The Balaban J connectivity index is 1.68. The number of nitriles is 1. The van der Waals surface area contributed by atoms with Gasteiger partial charge in [0.15, 0.2) is 5.82 Å². The molecule has 1 aromatic carbocycles. The van der Waals surface area contributed by atoms with Crippen LogP contribution in [0.25, 0.3) is 10.9 Å². The van der Waals surface area contributed by atoms with E-state index in [1.54, 1.807) is 6.07 Å². The van der Waals surface area contributed by atoms with E-state index in [0.717, 1.165) is 31.1 Å². The van der Waals surface area contributed by atoms with Crippen LogP contribution < -0.4 is 16.2 Å². The molecule has 0 bridgehead atoms. The van der Waals surface area contributed by atoms with Crippen molar-refractivity contribution in [1.82, 2.24) is 20.7 Å². The van der Waals surface area contributed by atoms with Crippen LogP contribution in [0.1, 0.15) is 37.9 Å². The molecule has 1 aromatic heterocycles. The Kier molecular flexibility index (Phi) is 4.52. The van der Waals surface area contributed by atoms with Crippen molar-refractivity contribution < 1.29 is 4.79 Å². The van der Waals surface area contributed by atoms with Gasteiger partial charge >= 0.3 is 6.03 Å². The van der Waals surface area contributed by atoms with Gasteiger partial charge in [-0.05, 0) is 25.0 Å². The van der Waals surface area contributed by atoms with Gasteiger partial charge in [0.25, 0.3) is 0 Å². The fourth-order valence-corrected chi connectivity index (χ4v) is 2.81. The molecule has 0 radical (unpaired) electrons. The maximum Gasteiger partial charge on any atom is 0.333 e. The highest BCUT2D eigenvalue weighted by Crippen LogP contribution is 2.19. The number of benzene rings is 1. The summed E-state index contributed by atoms with van der Waals surface area (Å²) in [6.07, 6.45) is 5.58. The molecule has 1 fully saturated rings. The molecule has 23 heavy (non-hydrogen) atoms. The molecule has 0 spiro atoms. The average molecular weight is 310 g/mol. The molecule has 1 saturated carbocycles. The van der Waals surface area contributed by atoms with Crippen molar-refractivity contribution in [1.29, 1.82) is 5.26 Å². The summed E-state index contributed by atoms with van der Waals surface area (Å²) in [6, 6.07) is 9.17. The van der Waals surface area contributed by atoms with Gasteiger partial charge in [-0.1, -0.05) is 31.4 Å². The Morgan fingerprint density at radius 2 is 1.96 bits per heavy atom. The van der Waals surface area contributed by atoms with Crippen LogP contribution in [-0.4, -0.2) is 22.0 Å². The number of carbonyl (C=O) groups is 1. The molecule has 3 N–H and O–H groups in total. The third kappa shape index (κ3) is 3.66. The normalized spacial score (nSPS) is 14.9. The van der Waals surface area contributed by atoms with E-state index in [-0.39, 0.29) is 17.9 Å². The van der Waals surface area contributed by atoms with E-state index in [1.165, 1.54) is 6.42 Å². The largest absolute Gasteiger partial charge is 0.334 e. The molecule has 118 valence electrons. The third-order valence-electron chi connectivity index (χ3n) is 3.94. The molecule has 2 amide bonds. The fraction of sp³-hybridized carbons (Fsp3) is 0.375. The van der Waals surface area contributed by atoms with Gasteiger partial charge in [-0.25, -0.2) is 9.78 Å². The standard InChI is InChI=1S/C16H18N6O/c17-10-14-19-13-9-5-4-8-12(13)15(20-14)21-22-16(23)18-11-6-2-1-3-7-11/h4-5,8-9,11H,1-3,6-7H2,(H2,18,22,23)(H,19,20,21). The first-order chi connectivity index (χ1) is 11.3. The van der Waals surface area contributed by atoms with Crippen molar-refractivity contribution in [3.63, 3.8) is 0 Å². The highest BCUT2D eigenvalue weighted by Gasteiger charge is 2.15. The number of fused-ring (bicyclic) bond motifs is 1. The molecule has 1 aliphatic rings. The van der Waals surface area contributed by atoms with Crippen molar-refractivity contribution in [2.75, 3.05) is 5.43 Å². The van der Waals surface area contributed by atoms with Crippen molar-refractivity contribution >= 4 is 22.8 Å². The minimum Gasteiger partial charge on any atom is -0.334 e. The molecule has 7 heteroatoms. The van der Waals surface area contributed by atoms with E-state index in [2.05, 4.69) is 26.1 Å². The lowest BCUT2D eigenvalue weighted by Crippen LogP contribution is -2.45. The topological polar surface area (TPSA) is 103 Å². The van der Waals surface area contributed by atoms with Crippen LogP contribution in [0, 0.1) is 11.3 Å². The first kappa shape index (κ1) is 15.0. The second-order valence-corrected chi connectivity index (χ2v) is 5.58. The number of urea groups is 1. The van der Waals surface area contributed by atoms with Gasteiger partial charge in [-0.15, -0.1) is 0 Å². The first-order valence-corrected chi connectivity index (χ1v) is 7.75. The number of nitrogens with zero attached hydrogens (tertiary/aromatic N) is 3. The number of nitrogens with one attached hydrogen (secondary N) is 3. The fourth-order valence-electron chi connectivity index (χ4n) is 2.81. The molecule has 0 aliphatic heterocycles. The monoisotopic (exact) mass is 310 g/mol. The summed E-state index contributed by atoms with van der Waals surface area (Å²) in [4.78, 5) is 20.2. The number of aromatic nitrogens is 2. The van der Waals surface area contributed by atoms with E-state index < -0.39 is 0 Å². The van der Waals surface area contributed by atoms with E-state index in [0.29, 0.717) is 11.3 Å². The van der Waals surface area contributed by atoms with Gasteiger partial charge < -0.3 is 5.32 Å². The predicted octanol–water partition coefficient (Wildman–Crippen LogP) is 2.46. The third-order valence-corrected chi connectivity index (χ3v) is 3.94. The summed E-state index contributed by atoms with van der Waals surface area (Å²) in [5.74, 6) is 0.464. The van der Waals surface area contributed by atoms with E-state index in [9.17, 15) is 4.79 Å². The summed E-state index contributed by atoms with van der Waals surface area (Å²) in [6.45, 7) is 0. The van der Waals surface area contributed by atoms with E-state index in [1.807, 2.05) is 24.3 Å². The minimum atomic E-state index is -0.293. The number of anilines is 1. The van der Waals surface area contributed by atoms with Gasteiger partial charge in [-0.3, -0.25) is 10.9 Å². The molecule has 1 aliphatic carbocycles. The van der Waals surface area contributed by atoms with Crippen LogP contribution in [0.5, 0.6) is 0 Å². The van der Waals surface area contributed by atoms with Crippen LogP contribution in [0.15, 0.2) is 24.3 Å². The Labute approximate surface area is 134 Å². The summed E-state index contributed by atoms with van der Waals surface area (Å²) in [5, 5.41) is 12.7. The van der Waals surface area contributed by atoms with Crippen molar-refractivity contribution in [3.05, 3.63) is 30.1 Å². The zero-order valence-electron chi connectivity index (χ0n) is 12.7. The number of amides is 2. The van der Waals surface area contributed by atoms with Crippen molar-refractivity contribution in [2.24, 2.45) is 0 Å². The molecule has 0 saturated heterocycles. The minimum absolute atomic E-state index is 0.0562. The highest BCUT2D eigenvalue weighted by atomic mass is 16.2. The molecule has 0 unspecified atom stereocenters. The van der Waals surface area contributed by atoms with Gasteiger partial charge in [-0.2, -0.15) is 10.2 Å². The van der Waals surface area contributed by atoms with Crippen molar-refractivity contribution in [3.8, 4) is 6.07 Å². The SMILES string of the molecule is N#Cc1nc(NNC(=O)NC2CCCCC2)c2ccccc2n1. The Hall–Kier alpha value is -2.88. The summed E-state index contributed by atoms with van der Waals surface area (Å²) in [7, 11) is 0. The number of carbonyl (C=O) groups excluding carboxylic acids is 1. The summed E-state index contributed by atoms with van der Waals surface area (Å²) >= 11 is 0. The van der Waals surface area contributed by atoms with Crippen LogP contribution >= 0.6 is 0 Å². The highest BCUT2D eigenvalue weighted by molar-refractivity contribution is 5.90. The molecule has 7 nitrogen and oxygen atoms in total. The molecule has 2 aromatic rings. The maximum atomic E-state index is 12.0. The van der Waals surface area contributed by atoms with Crippen molar-refractivity contribution in [2.45, 2.75) is 38.1 Å².